The lowest BCUT2D eigenvalue weighted by atomic mass is 10.1. The Bertz CT molecular complexity index is 886. The zero-order valence-corrected chi connectivity index (χ0v) is 17.8. The van der Waals surface area contributed by atoms with E-state index in [0.29, 0.717) is 49.5 Å². The van der Waals surface area contributed by atoms with E-state index in [0.717, 1.165) is 12.1 Å². The van der Waals surface area contributed by atoms with E-state index in [4.69, 9.17) is 9.47 Å². The lowest BCUT2D eigenvalue weighted by Gasteiger charge is -2.33. The number of ether oxygens (including phenoxy) is 2. The van der Waals surface area contributed by atoms with Crippen LogP contribution in [0, 0.1) is 11.6 Å². The predicted molar refractivity (Wildman–Crippen MR) is 112 cm³/mol. The molecule has 0 aliphatic carbocycles. The van der Waals surface area contributed by atoms with Gasteiger partial charge in [-0.15, -0.1) is 0 Å². The van der Waals surface area contributed by atoms with Crippen LogP contribution in [0.2, 0.25) is 0 Å². The monoisotopic (exact) mass is 434 g/mol. The summed E-state index contributed by atoms with van der Waals surface area (Å²) in [6, 6.07) is 10.5. The zero-order valence-electron chi connectivity index (χ0n) is 17.8. The van der Waals surface area contributed by atoms with Crippen LogP contribution in [0.25, 0.3) is 0 Å². The van der Waals surface area contributed by atoms with Gasteiger partial charge in [-0.05, 0) is 37.1 Å². The smallest absolute Gasteiger partial charge is 0.257 e. The van der Waals surface area contributed by atoms with Crippen molar-refractivity contribution in [3.05, 3.63) is 59.7 Å². The van der Waals surface area contributed by atoms with E-state index in [1.54, 1.807) is 38.4 Å². The van der Waals surface area contributed by atoms with Gasteiger partial charge in [0, 0.05) is 39.8 Å². The van der Waals surface area contributed by atoms with Crippen molar-refractivity contribution in [1.82, 2.24) is 9.80 Å². The highest BCUT2D eigenvalue weighted by atomic mass is 19.2. The van der Waals surface area contributed by atoms with Gasteiger partial charge in [0.1, 0.15) is 30.3 Å². The Labute approximate surface area is 181 Å². The number of β-amino-alcohol motifs (C(OH)–C–C–N with tert-alkyl or cyclic N) is 1. The predicted octanol–water partition coefficient (Wildman–Crippen LogP) is 2.95. The fraction of sp³-hybridized carbons (Fsp3) is 0.435. The first kappa shape index (κ1) is 23.0. The Balaban J connectivity index is 1.44. The van der Waals surface area contributed by atoms with Gasteiger partial charge in [-0.1, -0.05) is 12.1 Å². The minimum atomic E-state index is -0.924. The average Bonchev–Trinajstić information content (AvgIpc) is 2.76. The van der Waals surface area contributed by atoms with Crippen LogP contribution in [0.5, 0.6) is 11.5 Å². The molecule has 1 fully saturated rings. The Morgan fingerprint density at radius 3 is 2.55 bits per heavy atom. The number of nitrogens with zero attached hydrogens (tertiary/aromatic N) is 2. The summed E-state index contributed by atoms with van der Waals surface area (Å²) in [6.07, 6.45) is 0.629. The summed E-state index contributed by atoms with van der Waals surface area (Å²) in [5, 5.41) is 10.4. The van der Waals surface area contributed by atoms with Crippen LogP contribution >= 0.6 is 0 Å². The number of carbonyl (C=O) groups is 1. The largest absolute Gasteiger partial charge is 0.490 e. The minimum absolute atomic E-state index is 0.0724. The third-order valence-corrected chi connectivity index (χ3v) is 5.15. The van der Waals surface area contributed by atoms with Gasteiger partial charge >= 0.3 is 0 Å². The van der Waals surface area contributed by atoms with Crippen molar-refractivity contribution in [3.63, 3.8) is 0 Å². The number of aliphatic hydroxyl groups excluding tert-OH is 1. The van der Waals surface area contributed by atoms with E-state index < -0.39 is 17.7 Å². The number of carbonyl (C=O) groups excluding carboxylic acids is 1. The van der Waals surface area contributed by atoms with Crippen LogP contribution in [0.15, 0.2) is 42.5 Å². The van der Waals surface area contributed by atoms with Gasteiger partial charge in [0.15, 0.2) is 11.6 Å². The number of amides is 1. The molecular formula is C23H28F2N2O4. The van der Waals surface area contributed by atoms with Crippen LogP contribution < -0.4 is 9.47 Å². The lowest BCUT2D eigenvalue weighted by Crippen LogP contribution is -2.43. The third kappa shape index (κ3) is 6.38. The number of hydrogen-bond donors (Lipinski definition) is 1. The van der Waals surface area contributed by atoms with Crippen LogP contribution in [0.4, 0.5) is 8.78 Å². The van der Waals surface area contributed by atoms with Gasteiger partial charge in [0.2, 0.25) is 0 Å². The maximum Gasteiger partial charge on any atom is 0.257 e. The molecule has 2 aromatic carbocycles. The van der Waals surface area contributed by atoms with Crippen molar-refractivity contribution >= 4 is 5.91 Å². The third-order valence-electron chi connectivity index (χ3n) is 5.15. The molecule has 1 N–H and O–H groups in total. The van der Waals surface area contributed by atoms with Crippen molar-refractivity contribution in [1.29, 1.82) is 0 Å². The van der Waals surface area contributed by atoms with Gasteiger partial charge in [-0.2, -0.15) is 0 Å². The normalized spacial score (nSPS) is 16.0. The first-order chi connectivity index (χ1) is 14.8. The molecule has 1 saturated heterocycles. The Hall–Kier alpha value is -2.71. The summed E-state index contributed by atoms with van der Waals surface area (Å²) in [4.78, 5) is 15.8. The van der Waals surface area contributed by atoms with Gasteiger partial charge < -0.3 is 24.4 Å². The summed E-state index contributed by atoms with van der Waals surface area (Å²) >= 11 is 0. The maximum atomic E-state index is 13.3. The number of benzene rings is 2. The summed E-state index contributed by atoms with van der Waals surface area (Å²) in [5.74, 6) is -1.22. The standard InChI is InChI=1S/C23H28F2N2O4/c1-26(2)23(29)19-5-3-4-6-22(19)30-15-16(28)14-27-11-9-17(10-12-27)31-18-7-8-20(24)21(25)13-18/h3-8,13,16-17,28H,9-12,14-15H2,1-2H3. The number of hydrogen-bond acceptors (Lipinski definition) is 5. The minimum Gasteiger partial charge on any atom is -0.490 e. The Morgan fingerprint density at radius 2 is 1.87 bits per heavy atom. The van der Waals surface area contributed by atoms with E-state index in [2.05, 4.69) is 4.90 Å². The second-order valence-electron chi connectivity index (χ2n) is 7.85. The Kier molecular flexibility index (Phi) is 7.81. The van der Waals surface area contributed by atoms with Gasteiger partial charge in [0.05, 0.1) is 5.56 Å². The molecule has 1 heterocycles. The number of likely N-dealkylation sites (tertiary alicyclic amines) is 1. The fourth-order valence-electron chi connectivity index (χ4n) is 3.50. The van der Waals surface area contributed by atoms with Crippen LogP contribution in [0.1, 0.15) is 23.2 Å². The second kappa shape index (κ2) is 10.5. The van der Waals surface area contributed by atoms with Crippen molar-refractivity contribution in [2.24, 2.45) is 0 Å². The molecule has 1 aliphatic heterocycles. The zero-order chi connectivity index (χ0) is 22.4. The van der Waals surface area contributed by atoms with Gasteiger partial charge in [-0.25, -0.2) is 8.78 Å². The number of aliphatic hydroxyl groups is 1. The second-order valence-corrected chi connectivity index (χ2v) is 7.85. The highest BCUT2D eigenvalue weighted by Crippen LogP contribution is 2.22. The number of para-hydroxylation sites is 1. The summed E-state index contributed by atoms with van der Waals surface area (Å²) < 4.78 is 37.8. The molecule has 0 saturated carbocycles. The number of piperidine rings is 1. The van der Waals surface area contributed by atoms with Crippen LogP contribution in [-0.2, 0) is 0 Å². The first-order valence-electron chi connectivity index (χ1n) is 10.3. The Morgan fingerprint density at radius 1 is 1.16 bits per heavy atom. The van der Waals surface area contributed by atoms with E-state index >= 15 is 0 Å². The van der Waals surface area contributed by atoms with Crippen molar-refractivity contribution in [2.45, 2.75) is 25.0 Å². The van der Waals surface area contributed by atoms with Crippen LogP contribution in [0.3, 0.4) is 0 Å². The lowest BCUT2D eigenvalue weighted by molar-refractivity contribution is 0.0397. The van der Waals surface area contributed by atoms with Crippen LogP contribution in [-0.4, -0.2) is 73.4 Å². The molecule has 1 aliphatic rings. The molecule has 1 unspecified atom stereocenters. The molecule has 0 aromatic heterocycles. The quantitative estimate of drug-likeness (QED) is 0.692. The molecule has 0 spiro atoms. The molecule has 2 aromatic rings. The summed E-state index contributed by atoms with van der Waals surface area (Å²) in [6.45, 7) is 1.92. The van der Waals surface area contributed by atoms with E-state index in [9.17, 15) is 18.7 Å². The topological polar surface area (TPSA) is 62.2 Å². The highest BCUT2D eigenvalue weighted by Gasteiger charge is 2.23. The molecule has 31 heavy (non-hydrogen) atoms. The molecule has 0 bridgehead atoms. The van der Waals surface area contributed by atoms with E-state index in [1.807, 2.05) is 0 Å². The number of halogens is 2. The molecule has 168 valence electrons. The molecule has 8 heteroatoms. The molecule has 1 amide bonds. The molecule has 1 atom stereocenters. The first-order valence-corrected chi connectivity index (χ1v) is 10.3. The van der Waals surface area contributed by atoms with Crippen molar-refractivity contribution in [3.8, 4) is 11.5 Å². The van der Waals surface area contributed by atoms with E-state index in [-0.39, 0.29) is 18.6 Å². The van der Waals surface area contributed by atoms with Gasteiger partial charge in [-0.3, -0.25) is 4.79 Å². The molecule has 3 rings (SSSR count). The molecule has 6 nitrogen and oxygen atoms in total. The van der Waals surface area contributed by atoms with Gasteiger partial charge in [0.25, 0.3) is 5.91 Å². The highest BCUT2D eigenvalue weighted by molar-refractivity contribution is 5.96. The summed E-state index contributed by atoms with van der Waals surface area (Å²) in [7, 11) is 3.35. The SMILES string of the molecule is CN(C)C(=O)c1ccccc1OCC(O)CN1CCC(Oc2ccc(F)c(F)c2)CC1. The average molecular weight is 434 g/mol. The van der Waals surface area contributed by atoms with Crippen molar-refractivity contribution in [2.75, 3.05) is 40.3 Å². The fourth-order valence-corrected chi connectivity index (χ4v) is 3.50. The molecular weight excluding hydrogens is 406 g/mol. The number of rotatable bonds is 8. The molecule has 0 radical (unpaired) electrons. The van der Waals surface area contributed by atoms with Crippen molar-refractivity contribution < 1.29 is 28.2 Å². The summed E-state index contributed by atoms with van der Waals surface area (Å²) in [5.41, 5.74) is 0.454. The maximum absolute atomic E-state index is 13.3. The van der Waals surface area contributed by atoms with E-state index in [1.165, 1.54) is 11.0 Å².